The lowest BCUT2D eigenvalue weighted by molar-refractivity contribution is 0.519. The highest BCUT2D eigenvalue weighted by Crippen LogP contribution is 2.19. The van der Waals surface area contributed by atoms with Crippen molar-refractivity contribution in [3.05, 3.63) is 64.7 Å². The van der Waals surface area contributed by atoms with E-state index >= 15 is 0 Å². The topological polar surface area (TPSA) is 73.8 Å². The summed E-state index contributed by atoms with van der Waals surface area (Å²) in [5.41, 5.74) is 1.72. The highest BCUT2D eigenvalue weighted by Gasteiger charge is 2.20. The van der Waals surface area contributed by atoms with Crippen LogP contribution in [0.25, 0.3) is 0 Å². The molecule has 0 aliphatic heterocycles. The summed E-state index contributed by atoms with van der Waals surface area (Å²) in [7, 11) is -0.470. The summed E-state index contributed by atoms with van der Waals surface area (Å²) in [4.78, 5) is 4.82. The van der Waals surface area contributed by atoms with Gasteiger partial charge < -0.3 is 10.6 Å². The van der Waals surface area contributed by atoms with Crippen LogP contribution in [0.5, 0.6) is 0 Å². The fourth-order valence-electron chi connectivity index (χ4n) is 2.61. The predicted octanol–water partition coefficient (Wildman–Crippen LogP) is 3.51. The molecule has 2 N–H and O–H groups in total. The summed E-state index contributed by atoms with van der Waals surface area (Å²) in [6.45, 7) is 3.60. The summed E-state index contributed by atoms with van der Waals surface area (Å²) >= 11 is 6.19. The Kier molecular flexibility index (Phi) is 10.9. The minimum Gasteiger partial charge on any atom is -0.357 e. The van der Waals surface area contributed by atoms with Crippen LogP contribution >= 0.6 is 35.6 Å². The standard InChI is InChI=1S/C20H27ClN4O2S.HI/c1-4-22-20(23-14-13-16-9-5-7-11-18(16)21)24-15-17-10-6-8-12-19(17)28(26,27)25(2)3;/h5-12H,4,13-15H2,1-3H3,(H2,22,23,24);1H. The van der Waals surface area contributed by atoms with Gasteiger partial charge in [-0.05, 0) is 36.6 Å². The van der Waals surface area contributed by atoms with Gasteiger partial charge in [0.05, 0.1) is 11.4 Å². The van der Waals surface area contributed by atoms with Gasteiger partial charge in [-0.15, -0.1) is 24.0 Å². The number of nitrogens with zero attached hydrogens (tertiary/aromatic N) is 2. The Labute approximate surface area is 195 Å². The van der Waals surface area contributed by atoms with Crippen molar-refractivity contribution in [2.75, 3.05) is 27.2 Å². The van der Waals surface area contributed by atoms with Gasteiger partial charge in [-0.3, -0.25) is 0 Å². The third-order valence-corrected chi connectivity index (χ3v) is 6.41. The summed E-state index contributed by atoms with van der Waals surface area (Å²) in [6.07, 6.45) is 0.760. The van der Waals surface area contributed by atoms with Gasteiger partial charge in [0, 0.05) is 32.2 Å². The number of nitrogens with one attached hydrogen (secondary N) is 2. The molecule has 2 aromatic carbocycles. The molecular formula is C20H28ClIN4O2S. The molecule has 0 atom stereocenters. The number of guanidine groups is 1. The zero-order chi connectivity index (χ0) is 20.6. The monoisotopic (exact) mass is 550 g/mol. The Morgan fingerprint density at radius 3 is 2.28 bits per heavy atom. The van der Waals surface area contributed by atoms with Crippen molar-refractivity contribution in [2.45, 2.75) is 24.8 Å². The molecule has 0 unspecified atom stereocenters. The maximum atomic E-state index is 12.5. The van der Waals surface area contributed by atoms with Crippen LogP contribution in [0.15, 0.2) is 58.4 Å². The van der Waals surface area contributed by atoms with Gasteiger partial charge in [0.2, 0.25) is 10.0 Å². The summed E-state index contributed by atoms with van der Waals surface area (Å²) in [6, 6.07) is 14.7. The molecule has 29 heavy (non-hydrogen) atoms. The molecule has 0 amide bonds. The van der Waals surface area contributed by atoms with Crippen LogP contribution in [0, 0.1) is 0 Å². The van der Waals surface area contributed by atoms with Gasteiger partial charge in [-0.1, -0.05) is 48.0 Å². The van der Waals surface area contributed by atoms with Crippen molar-refractivity contribution in [3.8, 4) is 0 Å². The molecule has 0 aromatic heterocycles. The summed E-state index contributed by atoms with van der Waals surface area (Å²) < 4.78 is 26.2. The minimum atomic E-state index is -3.52. The molecule has 0 saturated heterocycles. The molecule has 0 saturated carbocycles. The largest absolute Gasteiger partial charge is 0.357 e. The van der Waals surface area contributed by atoms with Crippen LogP contribution in [0.3, 0.4) is 0 Å². The van der Waals surface area contributed by atoms with Crippen molar-refractivity contribution in [1.82, 2.24) is 14.9 Å². The molecule has 0 aliphatic carbocycles. The van der Waals surface area contributed by atoms with E-state index in [1.54, 1.807) is 18.2 Å². The predicted molar refractivity (Wildman–Crippen MR) is 131 cm³/mol. The van der Waals surface area contributed by atoms with Gasteiger partial charge >= 0.3 is 0 Å². The molecule has 0 aliphatic rings. The van der Waals surface area contributed by atoms with Crippen molar-refractivity contribution in [2.24, 2.45) is 4.99 Å². The van der Waals surface area contributed by atoms with Crippen LogP contribution in [0.4, 0.5) is 0 Å². The highest BCUT2D eigenvalue weighted by atomic mass is 127. The smallest absolute Gasteiger partial charge is 0.242 e. The second kappa shape index (κ2) is 12.4. The maximum absolute atomic E-state index is 12.5. The summed E-state index contributed by atoms with van der Waals surface area (Å²) in [5, 5.41) is 7.19. The van der Waals surface area contributed by atoms with Crippen molar-refractivity contribution >= 4 is 51.6 Å². The van der Waals surface area contributed by atoms with Crippen LogP contribution in [0.2, 0.25) is 5.02 Å². The van der Waals surface area contributed by atoms with Crippen molar-refractivity contribution in [3.63, 3.8) is 0 Å². The molecule has 2 rings (SSSR count). The molecule has 160 valence electrons. The second-order valence-corrected chi connectivity index (χ2v) is 8.89. The molecule has 0 fully saturated rings. The van der Waals surface area contributed by atoms with E-state index in [1.807, 2.05) is 37.3 Å². The van der Waals surface area contributed by atoms with E-state index in [4.69, 9.17) is 11.6 Å². The lowest BCUT2D eigenvalue weighted by Gasteiger charge is -2.15. The average molecular weight is 551 g/mol. The molecule has 9 heteroatoms. The molecule has 6 nitrogen and oxygen atoms in total. The first-order valence-electron chi connectivity index (χ1n) is 9.12. The van der Waals surface area contributed by atoms with E-state index in [-0.39, 0.29) is 35.4 Å². The minimum absolute atomic E-state index is 0. The lowest BCUT2D eigenvalue weighted by Crippen LogP contribution is -2.38. The molecule has 0 bridgehead atoms. The highest BCUT2D eigenvalue weighted by molar-refractivity contribution is 14.0. The van der Waals surface area contributed by atoms with E-state index in [9.17, 15) is 8.42 Å². The maximum Gasteiger partial charge on any atom is 0.242 e. The number of aliphatic imine (C=N–C) groups is 1. The van der Waals surface area contributed by atoms with Gasteiger partial charge in [0.1, 0.15) is 0 Å². The number of halogens is 2. The van der Waals surface area contributed by atoms with Crippen LogP contribution in [-0.2, 0) is 23.0 Å². The van der Waals surface area contributed by atoms with Crippen LogP contribution in [0.1, 0.15) is 18.1 Å². The first kappa shape index (κ1) is 25.7. The molecule has 0 spiro atoms. The van der Waals surface area contributed by atoms with E-state index in [0.29, 0.717) is 24.6 Å². The quantitative estimate of drug-likeness (QED) is 0.300. The van der Waals surface area contributed by atoms with Crippen molar-refractivity contribution in [1.29, 1.82) is 0 Å². The fraction of sp³-hybridized carbons (Fsp3) is 0.350. The Morgan fingerprint density at radius 2 is 1.66 bits per heavy atom. The number of sulfonamides is 1. The Balaban J connectivity index is 0.00000420. The third-order valence-electron chi connectivity index (χ3n) is 4.13. The summed E-state index contributed by atoms with van der Waals surface area (Å²) in [5.74, 6) is 0.631. The van der Waals surface area contributed by atoms with Crippen LogP contribution in [-0.4, -0.2) is 45.9 Å². The number of benzene rings is 2. The van der Waals surface area contributed by atoms with E-state index in [0.717, 1.165) is 17.0 Å². The molecule has 0 radical (unpaired) electrons. The SMILES string of the molecule is CCNC(=NCc1ccccc1S(=O)(=O)N(C)C)NCCc1ccccc1Cl.I. The van der Waals surface area contributed by atoms with Gasteiger partial charge in [0.25, 0.3) is 0 Å². The Hall–Kier alpha value is -1.36. The average Bonchev–Trinajstić information content (AvgIpc) is 2.67. The van der Waals surface area contributed by atoms with Gasteiger partial charge in [-0.25, -0.2) is 17.7 Å². The number of rotatable bonds is 8. The molecule has 2 aromatic rings. The first-order valence-corrected chi connectivity index (χ1v) is 10.9. The number of hydrogen-bond acceptors (Lipinski definition) is 3. The fourth-order valence-corrected chi connectivity index (χ4v) is 3.94. The van der Waals surface area contributed by atoms with Gasteiger partial charge in [0.15, 0.2) is 5.96 Å². The molecule has 0 heterocycles. The van der Waals surface area contributed by atoms with E-state index in [2.05, 4.69) is 15.6 Å². The Bertz CT molecular complexity index is 920. The van der Waals surface area contributed by atoms with Crippen molar-refractivity contribution < 1.29 is 8.42 Å². The lowest BCUT2D eigenvalue weighted by atomic mass is 10.1. The zero-order valence-corrected chi connectivity index (χ0v) is 20.8. The Morgan fingerprint density at radius 1 is 1.03 bits per heavy atom. The second-order valence-electron chi connectivity index (χ2n) is 6.36. The number of hydrogen-bond donors (Lipinski definition) is 2. The normalized spacial score (nSPS) is 11.8. The van der Waals surface area contributed by atoms with Crippen LogP contribution < -0.4 is 10.6 Å². The van der Waals surface area contributed by atoms with Gasteiger partial charge in [-0.2, -0.15) is 0 Å². The zero-order valence-electron chi connectivity index (χ0n) is 16.9. The third kappa shape index (κ3) is 7.44. The van der Waals surface area contributed by atoms with E-state index < -0.39 is 10.0 Å². The van der Waals surface area contributed by atoms with E-state index in [1.165, 1.54) is 18.4 Å². The molecular weight excluding hydrogens is 523 g/mol. The first-order chi connectivity index (χ1) is 13.4.